The predicted octanol–water partition coefficient (Wildman–Crippen LogP) is 17.3. The molecule has 0 spiro atoms. The second-order valence-corrected chi connectivity index (χ2v) is 17.4. The molecule has 0 aromatic heterocycles. The van der Waals surface area contributed by atoms with Crippen LogP contribution in [0.25, 0.3) is 0 Å². The summed E-state index contributed by atoms with van der Waals surface area (Å²) >= 11 is 0. The highest BCUT2D eigenvalue weighted by Gasteiger charge is 2.19. The van der Waals surface area contributed by atoms with Crippen LogP contribution in [0.4, 0.5) is 0 Å². The van der Waals surface area contributed by atoms with Crippen molar-refractivity contribution in [3.05, 3.63) is 60.8 Å². The third-order valence-electron chi connectivity index (χ3n) is 11.3. The van der Waals surface area contributed by atoms with Gasteiger partial charge in [0.25, 0.3) is 0 Å². The van der Waals surface area contributed by atoms with E-state index in [0.717, 1.165) is 89.9 Å². The summed E-state index contributed by atoms with van der Waals surface area (Å²) in [4.78, 5) is 37.8. The van der Waals surface area contributed by atoms with Crippen molar-refractivity contribution in [2.75, 3.05) is 13.2 Å². The highest BCUT2D eigenvalue weighted by atomic mass is 16.6. The van der Waals surface area contributed by atoms with Gasteiger partial charge in [-0.1, -0.05) is 216 Å². The molecule has 0 saturated heterocycles. The second-order valence-electron chi connectivity index (χ2n) is 17.4. The Morgan fingerprint density at radius 2 is 0.629 bits per heavy atom. The molecule has 0 aliphatic heterocycles. The molecule has 0 N–H and O–H groups in total. The van der Waals surface area contributed by atoms with Gasteiger partial charge in [0.15, 0.2) is 6.10 Å². The number of carbonyl (C=O) groups excluding carboxylic acids is 3. The van der Waals surface area contributed by atoms with Gasteiger partial charge in [-0.15, -0.1) is 0 Å². The first-order chi connectivity index (χ1) is 30.5. The van der Waals surface area contributed by atoms with Crippen LogP contribution in [0.5, 0.6) is 0 Å². The molecule has 358 valence electrons. The van der Waals surface area contributed by atoms with E-state index in [0.29, 0.717) is 19.3 Å². The molecule has 0 aliphatic carbocycles. The van der Waals surface area contributed by atoms with Gasteiger partial charge in [0, 0.05) is 19.3 Å². The third-order valence-corrected chi connectivity index (χ3v) is 11.3. The molecular formula is C56H98O6. The van der Waals surface area contributed by atoms with Crippen molar-refractivity contribution in [2.24, 2.45) is 0 Å². The molecule has 62 heavy (non-hydrogen) atoms. The summed E-state index contributed by atoms with van der Waals surface area (Å²) in [6.45, 7) is 6.46. The zero-order valence-electron chi connectivity index (χ0n) is 40.9. The molecule has 1 atom stereocenters. The molecule has 0 aromatic rings. The maximum atomic E-state index is 12.8. The van der Waals surface area contributed by atoms with E-state index in [1.54, 1.807) is 0 Å². The SMILES string of the molecule is CC/C=C\C/C=C\C/C=C\C/C=C\CCCCCCCCCCC(=O)OCC(COC(=O)CCCCCCCC)OC(=O)CCCCCCCCC/C=C\CCCCCCCC. The summed E-state index contributed by atoms with van der Waals surface area (Å²) in [5.41, 5.74) is 0. The Morgan fingerprint density at radius 1 is 0.339 bits per heavy atom. The monoisotopic (exact) mass is 867 g/mol. The van der Waals surface area contributed by atoms with E-state index < -0.39 is 6.10 Å². The maximum Gasteiger partial charge on any atom is 0.306 e. The van der Waals surface area contributed by atoms with E-state index in [1.807, 2.05) is 0 Å². The van der Waals surface area contributed by atoms with Gasteiger partial charge in [-0.2, -0.15) is 0 Å². The minimum Gasteiger partial charge on any atom is -0.462 e. The standard InChI is InChI=1S/C56H98O6/c1-4-7-10-13-16-18-20-22-24-26-27-28-29-31-32-34-36-38-40-43-46-49-55(58)61-52-53(51-60-54(57)48-45-42-15-12-9-6-3)62-56(59)50-47-44-41-39-37-35-33-30-25-23-21-19-17-14-11-8-5-2/h7,10,16,18,22-25,27-28,53H,4-6,8-9,11-15,17,19-21,26,29-52H2,1-3H3/b10-7-,18-16-,24-22-,25-23-,28-27-. The Kier molecular flexibility index (Phi) is 48.4. The fraction of sp³-hybridized carbons (Fsp3) is 0.768. The number of hydrogen-bond acceptors (Lipinski definition) is 6. The highest BCUT2D eigenvalue weighted by molar-refractivity contribution is 5.71. The van der Waals surface area contributed by atoms with E-state index in [4.69, 9.17) is 14.2 Å². The first-order valence-electron chi connectivity index (χ1n) is 26.3. The van der Waals surface area contributed by atoms with Crippen LogP contribution in [0.2, 0.25) is 0 Å². The minimum atomic E-state index is -0.775. The topological polar surface area (TPSA) is 78.9 Å². The van der Waals surface area contributed by atoms with Crippen LogP contribution >= 0.6 is 0 Å². The van der Waals surface area contributed by atoms with Crippen molar-refractivity contribution in [3.8, 4) is 0 Å². The fourth-order valence-electron chi connectivity index (χ4n) is 7.31. The van der Waals surface area contributed by atoms with Crippen LogP contribution in [0, 0.1) is 0 Å². The van der Waals surface area contributed by atoms with Gasteiger partial charge in [-0.3, -0.25) is 14.4 Å². The summed E-state index contributed by atoms with van der Waals surface area (Å²) in [7, 11) is 0. The molecule has 0 rings (SSSR count). The molecule has 0 saturated carbocycles. The quantitative estimate of drug-likeness (QED) is 0.0262. The lowest BCUT2D eigenvalue weighted by atomic mass is 10.1. The van der Waals surface area contributed by atoms with E-state index in [9.17, 15) is 14.4 Å². The number of hydrogen-bond donors (Lipinski definition) is 0. The number of ether oxygens (including phenoxy) is 3. The van der Waals surface area contributed by atoms with Gasteiger partial charge in [-0.05, 0) is 83.5 Å². The van der Waals surface area contributed by atoms with Crippen LogP contribution in [0.3, 0.4) is 0 Å². The summed E-state index contributed by atoms with van der Waals surface area (Å²) < 4.78 is 16.7. The summed E-state index contributed by atoms with van der Waals surface area (Å²) in [6.07, 6.45) is 62.3. The van der Waals surface area contributed by atoms with E-state index in [2.05, 4.69) is 81.5 Å². The van der Waals surface area contributed by atoms with Gasteiger partial charge in [-0.25, -0.2) is 0 Å². The maximum absolute atomic E-state index is 12.8. The largest absolute Gasteiger partial charge is 0.462 e. The molecule has 0 fully saturated rings. The number of rotatable bonds is 47. The smallest absolute Gasteiger partial charge is 0.306 e. The summed E-state index contributed by atoms with van der Waals surface area (Å²) in [5, 5.41) is 0. The molecule has 0 bridgehead atoms. The molecule has 6 heteroatoms. The average Bonchev–Trinajstić information content (AvgIpc) is 3.27. The molecule has 0 radical (unpaired) electrons. The number of carbonyl (C=O) groups is 3. The molecule has 0 heterocycles. The molecule has 1 unspecified atom stereocenters. The normalized spacial score (nSPS) is 12.5. The Bertz CT molecular complexity index is 1130. The zero-order chi connectivity index (χ0) is 45.1. The van der Waals surface area contributed by atoms with Gasteiger partial charge in [0.05, 0.1) is 0 Å². The Balaban J connectivity index is 4.21. The second kappa shape index (κ2) is 50.8. The first kappa shape index (κ1) is 59.1. The molecular weight excluding hydrogens is 769 g/mol. The van der Waals surface area contributed by atoms with Crippen molar-refractivity contribution >= 4 is 17.9 Å². The Morgan fingerprint density at radius 3 is 1.00 bits per heavy atom. The third kappa shape index (κ3) is 48.1. The van der Waals surface area contributed by atoms with Gasteiger partial charge in [0.2, 0.25) is 0 Å². The van der Waals surface area contributed by atoms with Crippen molar-refractivity contribution < 1.29 is 28.6 Å². The lowest BCUT2D eigenvalue weighted by Crippen LogP contribution is -2.30. The average molecular weight is 867 g/mol. The summed E-state index contributed by atoms with van der Waals surface area (Å²) in [5.74, 6) is -0.895. The van der Waals surface area contributed by atoms with Crippen LogP contribution in [-0.4, -0.2) is 37.2 Å². The van der Waals surface area contributed by atoms with Gasteiger partial charge in [0.1, 0.15) is 13.2 Å². The van der Waals surface area contributed by atoms with E-state index in [-0.39, 0.29) is 31.1 Å². The Labute approximate surface area is 383 Å². The van der Waals surface area contributed by atoms with Crippen molar-refractivity contribution in [1.82, 2.24) is 0 Å². The van der Waals surface area contributed by atoms with Crippen molar-refractivity contribution in [1.29, 1.82) is 0 Å². The molecule has 0 amide bonds. The summed E-state index contributed by atoms with van der Waals surface area (Å²) in [6, 6.07) is 0. The van der Waals surface area contributed by atoms with Crippen molar-refractivity contribution in [2.45, 2.75) is 264 Å². The number of esters is 3. The predicted molar refractivity (Wildman–Crippen MR) is 265 cm³/mol. The molecule has 6 nitrogen and oxygen atoms in total. The van der Waals surface area contributed by atoms with Crippen LogP contribution in [0.1, 0.15) is 258 Å². The number of unbranched alkanes of at least 4 members (excludes halogenated alkanes) is 26. The number of allylic oxidation sites excluding steroid dienone is 10. The fourth-order valence-corrected chi connectivity index (χ4v) is 7.31. The van der Waals surface area contributed by atoms with Crippen LogP contribution in [-0.2, 0) is 28.6 Å². The van der Waals surface area contributed by atoms with E-state index >= 15 is 0 Å². The highest BCUT2D eigenvalue weighted by Crippen LogP contribution is 2.15. The Hall–Kier alpha value is -2.89. The van der Waals surface area contributed by atoms with Gasteiger partial charge < -0.3 is 14.2 Å². The first-order valence-corrected chi connectivity index (χ1v) is 26.3. The lowest BCUT2D eigenvalue weighted by molar-refractivity contribution is -0.167. The van der Waals surface area contributed by atoms with Crippen molar-refractivity contribution in [3.63, 3.8) is 0 Å². The van der Waals surface area contributed by atoms with Crippen LogP contribution in [0.15, 0.2) is 60.8 Å². The lowest BCUT2D eigenvalue weighted by Gasteiger charge is -2.18. The van der Waals surface area contributed by atoms with E-state index in [1.165, 1.54) is 128 Å². The minimum absolute atomic E-state index is 0.0780. The molecule has 0 aromatic carbocycles. The zero-order valence-corrected chi connectivity index (χ0v) is 40.9. The van der Waals surface area contributed by atoms with Crippen LogP contribution < -0.4 is 0 Å². The van der Waals surface area contributed by atoms with Gasteiger partial charge >= 0.3 is 17.9 Å². The molecule has 0 aliphatic rings.